The molecule has 0 aliphatic heterocycles. The summed E-state index contributed by atoms with van der Waals surface area (Å²) in [6.45, 7) is 7.95. The van der Waals surface area contributed by atoms with Gasteiger partial charge in [-0.25, -0.2) is 4.79 Å². The molecule has 0 bridgehead atoms. The molecule has 0 saturated heterocycles. The number of carbonyl (C=O) groups is 1. The smallest absolute Gasteiger partial charge is 0.319 e. The zero-order chi connectivity index (χ0) is 14.6. The van der Waals surface area contributed by atoms with Gasteiger partial charge in [0, 0.05) is 11.0 Å². The van der Waals surface area contributed by atoms with E-state index < -0.39 is 6.10 Å². The zero-order valence-corrected chi connectivity index (χ0v) is 13.3. The summed E-state index contributed by atoms with van der Waals surface area (Å²) >= 11 is 3.38. The van der Waals surface area contributed by atoms with Crippen LogP contribution in [0.5, 0.6) is 0 Å². The fourth-order valence-electron chi connectivity index (χ4n) is 1.40. The molecule has 0 spiro atoms. The number of aliphatic hydroxyl groups is 1. The Labute approximate surface area is 122 Å². The van der Waals surface area contributed by atoms with E-state index in [1.165, 1.54) is 0 Å². The third-order valence-corrected chi connectivity index (χ3v) is 3.52. The number of benzene rings is 1. The zero-order valence-electron chi connectivity index (χ0n) is 11.7. The summed E-state index contributed by atoms with van der Waals surface area (Å²) in [5.41, 5.74) is 1.52. The van der Waals surface area contributed by atoms with Gasteiger partial charge in [0.1, 0.15) is 0 Å². The standard InChI is InChI=1S/C14H21BrN2O2/c1-9-5-6-10(15)11(7-9)17-13(19)16-8-12(18)14(2,3)4/h5-7,12,18H,8H2,1-4H3,(H2,16,17,19). The molecular weight excluding hydrogens is 308 g/mol. The molecule has 0 heterocycles. The van der Waals surface area contributed by atoms with E-state index in [9.17, 15) is 9.90 Å². The van der Waals surface area contributed by atoms with Gasteiger partial charge in [-0.1, -0.05) is 26.8 Å². The molecule has 1 aromatic rings. The number of amides is 2. The largest absolute Gasteiger partial charge is 0.391 e. The van der Waals surface area contributed by atoms with Gasteiger partial charge in [-0.05, 0) is 46.0 Å². The summed E-state index contributed by atoms with van der Waals surface area (Å²) in [5, 5.41) is 15.3. The van der Waals surface area contributed by atoms with E-state index in [4.69, 9.17) is 0 Å². The normalized spacial score (nSPS) is 12.9. The van der Waals surface area contributed by atoms with E-state index in [0.717, 1.165) is 10.0 Å². The van der Waals surface area contributed by atoms with E-state index in [0.29, 0.717) is 5.69 Å². The van der Waals surface area contributed by atoms with Crippen LogP contribution in [0.4, 0.5) is 10.5 Å². The lowest BCUT2D eigenvalue weighted by atomic mass is 9.89. The molecule has 0 aromatic heterocycles. The average Bonchev–Trinajstić information content (AvgIpc) is 2.29. The number of carbonyl (C=O) groups excluding carboxylic acids is 1. The SMILES string of the molecule is Cc1ccc(Br)c(NC(=O)NCC(O)C(C)(C)C)c1. The number of hydrogen-bond donors (Lipinski definition) is 3. The van der Waals surface area contributed by atoms with Crippen LogP contribution in [0.3, 0.4) is 0 Å². The Hall–Kier alpha value is -1.07. The molecule has 0 aliphatic rings. The molecule has 1 rings (SSSR count). The van der Waals surface area contributed by atoms with Crippen LogP contribution in [0, 0.1) is 12.3 Å². The molecule has 1 atom stereocenters. The molecule has 5 heteroatoms. The Morgan fingerprint density at radius 1 is 1.42 bits per heavy atom. The second kappa shape index (κ2) is 6.39. The van der Waals surface area contributed by atoms with E-state index in [1.54, 1.807) is 0 Å². The van der Waals surface area contributed by atoms with Crippen LogP contribution in [0.2, 0.25) is 0 Å². The lowest BCUT2D eigenvalue weighted by Crippen LogP contribution is -2.40. The average molecular weight is 329 g/mol. The summed E-state index contributed by atoms with van der Waals surface area (Å²) in [5.74, 6) is 0. The molecule has 0 saturated carbocycles. The molecule has 19 heavy (non-hydrogen) atoms. The van der Waals surface area contributed by atoms with Gasteiger partial charge in [-0.3, -0.25) is 0 Å². The second-order valence-corrected chi connectivity index (χ2v) is 6.55. The molecule has 1 aromatic carbocycles. The first kappa shape index (κ1) is 16.0. The maximum Gasteiger partial charge on any atom is 0.319 e. The Bertz CT molecular complexity index is 455. The molecule has 0 aliphatic carbocycles. The molecule has 1 unspecified atom stereocenters. The predicted molar refractivity (Wildman–Crippen MR) is 81.4 cm³/mol. The second-order valence-electron chi connectivity index (χ2n) is 5.70. The summed E-state index contributed by atoms with van der Waals surface area (Å²) < 4.78 is 0.824. The lowest BCUT2D eigenvalue weighted by Gasteiger charge is -2.25. The minimum Gasteiger partial charge on any atom is -0.391 e. The van der Waals surface area contributed by atoms with Crippen molar-refractivity contribution < 1.29 is 9.90 Å². The summed E-state index contributed by atoms with van der Waals surface area (Å²) in [7, 11) is 0. The van der Waals surface area contributed by atoms with Crippen molar-refractivity contribution in [3.05, 3.63) is 28.2 Å². The van der Waals surface area contributed by atoms with Gasteiger partial charge < -0.3 is 15.7 Å². The first-order valence-electron chi connectivity index (χ1n) is 6.19. The van der Waals surface area contributed by atoms with Gasteiger partial charge in [0.25, 0.3) is 0 Å². The topological polar surface area (TPSA) is 61.4 Å². The van der Waals surface area contributed by atoms with Gasteiger partial charge >= 0.3 is 6.03 Å². The van der Waals surface area contributed by atoms with Gasteiger partial charge in [0.2, 0.25) is 0 Å². The van der Waals surface area contributed by atoms with Crippen LogP contribution < -0.4 is 10.6 Å². The predicted octanol–water partition coefficient (Wildman–Crippen LogP) is 3.29. The monoisotopic (exact) mass is 328 g/mol. The maximum atomic E-state index is 11.8. The quantitative estimate of drug-likeness (QED) is 0.797. The highest BCUT2D eigenvalue weighted by molar-refractivity contribution is 9.10. The molecule has 3 N–H and O–H groups in total. The van der Waals surface area contributed by atoms with Gasteiger partial charge in [0.05, 0.1) is 11.8 Å². The number of rotatable bonds is 3. The molecule has 2 amide bonds. The van der Waals surface area contributed by atoms with E-state index in [-0.39, 0.29) is 18.0 Å². The van der Waals surface area contributed by atoms with Gasteiger partial charge in [0.15, 0.2) is 0 Å². The molecule has 106 valence electrons. The number of aryl methyl sites for hydroxylation is 1. The van der Waals surface area contributed by atoms with Crippen molar-refractivity contribution in [2.45, 2.75) is 33.8 Å². The first-order chi connectivity index (χ1) is 8.70. The Balaban J connectivity index is 2.54. The van der Waals surface area contributed by atoms with Crippen molar-refractivity contribution in [3.63, 3.8) is 0 Å². The fourth-order valence-corrected chi connectivity index (χ4v) is 1.74. The van der Waals surface area contributed by atoms with Crippen molar-refractivity contribution in [1.29, 1.82) is 0 Å². The summed E-state index contributed by atoms with van der Waals surface area (Å²) in [4.78, 5) is 11.8. The molecule has 4 nitrogen and oxygen atoms in total. The van der Waals surface area contributed by atoms with Crippen LogP contribution in [-0.2, 0) is 0 Å². The van der Waals surface area contributed by atoms with Gasteiger partial charge in [-0.15, -0.1) is 0 Å². The minimum absolute atomic E-state index is 0.221. The summed E-state index contributed by atoms with van der Waals surface area (Å²) in [6.07, 6.45) is -0.584. The van der Waals surface area contributed by atoms with Crippen LogP contribution in [0.1, 0.15) is 26.3 Å². The molecular formula is C14H21BrN2O2. The highest BCUT2D eigenvalue weighted by Crippen LogP contribution is 2.23. The Morgan fingerprint density at radius 2 is 2.05 bits per heavy atom. The highest BCUT2D eigenvalue weighted by Gasteiger charge is 2.22. The maximum absolute atomic E-state index is 11.8. The van der Waals surface area contributed by atoms with Crippen molar-refractivity contribution in [2.75, 3.05) is 11.9 Å². The third kappa shape index (κ3) is 5.20. The van der Waals surface area contributed by atoms with Crippen molar-refractivity contribution in [2.24, 2.45) is 5.41 Å². The van der Waals surface area contributed by atoms with Crippen LogP contribution in [0.25, 0.3) is 0 Å². The van der Waals surface area contributed by atoms with E-state index in [1.807, 2.05) is 45.9 Å². The van der Waals surface area contributed by atoms with E-state index in [2.05, 4.69) is 26.6 Å². The number of anilines is 1. The van der Waals surface area contributed by atoms with Crippen LogP contribution in [-0.4, -0.2) is 23.8 Å². The van der Waals surface area contributed by atoms with Crippen molar-refractivity contribution in [1.82, 2.24) is 5.32 Å². The number of urea groups is 1. The molecule has 0 fully saturated rings. The molecule has 0 radical (unpaired) electrons. The highest BCUT2D eigenvalue weighted by atomic mass is 79.9. The number of halogens is 1. The number of nitrogens with one attached hydrogen (secondary N) is 2. The van der Waals surface area contributed by atoms with Crippen LogP contribution >= 0.6 is 15.9 Å². The third-order valence-electron chi connectivity index (χ3n) is 2.83. The Kier molecular flexibility index (Phi) is 5.38. The minimum atomic E-state index is -0.584. The Morgan fingerprint density at radius 3 is 2.63 bits per heavy atom. The van der Waals surface area contributed by atoms with Gasteiger partial charge in [-0.2, -0.15) is 0 Å². The summed E-state index contributed by atoms with van der Waals surface area (Å²) in [6, 6.07) is 5.39. The number of hydrogen-bond acceptors (Lipinski definition) is 2. The first-order valence-corrected chi connectivity index (χ1v) is 6.98. The van der Waals surface area contributed by atoms with Crippen LogP contribution in [0.15, 0.2) is 22.7 Å². The van der Waals surface area contributed by atoms with Crippen molar-refractivity contribution in [3.8, 4) is 0 Å². The van der Waals surface area contributed by atoms with Crippen molar-refractivity contribution >= 4 is 27.6 Å². The van der Waals surface area contributed by atoms with E-state index >= 15 is 0 Å². The number of aliphatic hydroxyl groups excluding tert-OH is 1. The lowest BCUT2D eigenvalue weighted by molar-refractivity contribution is 0.0654. The fraction of sp³-hybridized carbons (Fsp3) is 0.500.